The second-order valence-electron chi connectivity index (χ2n) is 5.72. The molecule has 0 amide bonds. The predicted octanol–water partition coefficient (Wildman–Crippen LogP) is 1.05. The number of nitrogens with zero attached hydrogens (tertiary/aromatic N) is 1. The summed E-state index contributed by atoms with van der Waals surface area (Å²) in [6.07, 6.45) is 2.36. The van der Waals surface area contributed by atoms with Crippen molar-refractivity contribution in [2.45, 2.75) is 31.4 Å². The largest absolute Gasteiger partial charge is 0.377 e. The normalized spacial score (nSPS) is 26.7. The lowest BCUT2D eigenvalue weighted by Gasteiger charge is -2.36. The average molecular weight is 310 g/mol. The Morgan fingerprint density at radius 3 is 2.86 bits per heavy atom. The second kappa shape index (κ2) is 6.04. The Labute approximate surface area is 126 Å². The van der Waals surface area contributed by atoms with Gasteiger partial charge < -0.3 is 10.5 Å². The van der Waals surface area contributed by atoms with Crippen molar-refractivity contribution in [1.29, 1.82) is 0 Å². The van der Waals surface area contributed by atoms with Gasteiger partial charge in [0.05, 0.1) is 17.9 Å². The van der Waals surface area contributed by atoms with E-state index in [2.05, 4.69) is 6.07 Å². The minimum absolute atomic E-state index is 0.0751. The predicted molar refractivity (Wildman–Crippen MR) is 81.4 cm³/mol. The molecule has 0 saturated carbocycles. The van der Waals surface area contributed by atoms with Gasteiger partial charge in [0.25, 0.3) is 0 Å². The van der Waals surface area contributed by atoms with Crippen molar-refractivity contribution in [3.63, 3.8) is 0 Å². The summed E-state index contributed by atoms with van der Waals surface area (Å²) in [5.74, 6) is 0.0751. The van der Waals surface area contributed by atoms with E-state index in [0.29, 0.717) is 19.7 Å². The molecule has 2 aliphatic rings. The summed E-state index contributed by atoms with van der Waals surface area (Å²) in [5, 5.41) is 0. The van der Waals surface area contributed by atoms with Gasteiger partial charge in [-0.2, -0.15) is 4.31 Å². The summed E-state index contributed by atoms with van der Waals surface area (Å²) in [6, 6.07) is 7.73. The molecule has 1 saturated heterocycles. The smallest absolute Gasteiger partial charge is 0.217 e. The summed E-state index contributed by atoms with van der Waals surface area (Å²) in [4.78, 5) is 0. The molecule has 0 spiro atoms. The lowest BCUT2D eigenvalue weighted by Crippen LogP contribution is -2.45. The molecule has 2 unspecified atom stereocenters. The highest BCUT2D eigenvalue weighted by atomic mass is 32.2. The Balaban J connectivity index is 1.84. The van der Waals surface area contributed by atoms with Gasteiger partial charge >= 0.3 is 0 Å². The fourth-order valence-electron chi connectivity index (χ4n) is 3.31. The summed E-state index contributed by atoms with van der Waals surface area (Å²) in [7, 11) is -3.34. The van der Waals surface area contributed by atoms with Crippen molar-refractivity contribution >= 4 is 10.0 Å². The monoisotopic (exact) mass is 310 g/mol. The number of hydrogen-bond acceptors (Lipinski definition) is 4. The van der Waals surface area contributed by atoms with E-state index >= 15 is 0 Å². The number of sulfonamides is 1. The van der Waals surface area contributed by atoms with Crippen molar-refractivity contribution in [3.05, 3.63) is 35.4 Å². The standard InChI is InChI=1S/C15H22N2O3S/c16-10-15-14-6-2-1-4-12(14)7-8-17(15)21(18,19)11-13-5-3-9-20-13/h1-2,4,6,13,15H,3,5,7-11,16H2. The van der Waals surface area contributed by atoms with Crippen molar-refractivity contribution < 1.29 is 13.2 Å². The van der Waals surface area contributed by atoms with Gasteiger partial charge in [0.2, 0.25) is 10.0 Å². The molecular formula is C15H22N2O3S. The lowest BCUT2D eigenvalue weighted by molar-refractivity contribution is 0.125. The molecule has 2 N–H and O–H groups in total. The number of rotatable bonds is 4. The molecule has 0 aliphatic carbocycles. The van der Waals surface area contributed by atoms with Crippen LogP contribution in [0.1, 0.15) is 30.0 Å². The molecule has 1 fully saturated rings. The molecule has 5 nitrogen and oxygen atoms in total. The topological polar surface area (TPSA) is 72.6 Å². The van der Waals surface area contributed by atoms with Crippen molar-refractivity contribution in [3.8, 4) is 0 Å². The first-order valence-electron chi connectivity index (χ1n) is 7.51. The Hall–Kier alpha value is -0.950. The second-order valence-corrected chi connectivity index (χ2v) is 7.69. The molecule has 2 heterocycles. The number of fused-ring (bicyclic) bond motifs is 1. The fourth-order valence-corrected chi connectivity index (χ4v) is 5.19. The first kappa shape index (κ1) is 15.0. The zero-order chi connectivity index (χ0) is 14.9. The maximum atomic E-state index is 12.7. The van der Waals surface area contributed by atoms with E-state index in [0.717, 1.165) is 24.8 Å². The molecule has 2 atom stereocenters. The van der Waals surface area contributed by atoms with E-state index in [1.165, 1.54) is 5.56 Å². The van der Waals surface area contributed by atoms with Crippen molar-refractivity contribution in [2.75, 3.05) is 25.4 Å². The van der Waals surface area contributed by atoms with Crippen molar-refractivity contribution in [2.24, 2.45) is 5.73 Å². The number of benzene rings is 1. The highest BCUT2D eigenvalue weighted by Gasteiger charge is 2.36. The Morgan fingerprint density at radius 1 is 1.33 bits per heavy atom. The van der Waals surface area contributed by atoms with Crippen LogP contribution in [0.15, 0.2) is 24.3 Å². The van der Waals surface area contributed by atoms with Crippen LogP contribution in [0.25, 0.3) is 0 Å². The van der Waals surface area contributed by atoms with Crippen LogP contribution in [-0.4, -0.2) is 44.3 Å². The SMILES string of the molecule is NCC1c2ccccc2CCN1S(=O)(=O)CC1CCCO1. The van der Waals surface area contributed by atoms with Gasteiger partial charge in [-0.25, -0.2) is 8.42 Å². The minimum Gasteiger partial charge on any atom is -0.377 e. The number of hydrogen-bond donors (Lipinski definition) is 1. The van der Waals surface area contributed by atoms with Crippen LogP contribution in [0.2, 0.25) is 0 Å². The van der Waals surface area contributed by atoms with E-state index in [1.54, 1.807) is 4.31 Å². The summed E-state index contributed by atoms with van der Waals surface area (Å²) in [6.45, 7) is 1.49. The van der Waals surface area contributed by atoms with E-state index in [-0.39, 0.29) is 17.9 Å². The fraction of sp³-hybridized carbons (Fsp3) is 0.600. The Kier molecular flexibility index (Phi) is 4.31. The summed E-state index contributed by atoms with van der Waals surface area (Å²) in [5.41, 5.74) is 8.12. The van der Waals surface area contributed by atoms with Crippen LogP contribution in [-0.2, 0) is 21.2 Å². The maximum Gasteiger partial charge on any atom is 0.217 e. The summed E-state index contributed by atoms with van der Waals surface area (Å²) < 4.78 is 32.5. The van der Waals surface area contributed by atoms with Crippen LogP contribution in [0.4, 0.5) is 0 Å². The van der Waals surface area contributed by atoms with Crippen LogP contribution in [0, 0.1) is 0 Å². The van der Waals surface area contributed by atoms with Gasteiger partial charge in [0.1, 0.15) is 0 Å². The molecule has 1 aromatic rings. The molecule has 0 bridgehead atoms. The van der Waals surface area contributed by atoms with E-state index < -0.39 is 10.0 Å². The number of nitrogens with two attached hydrogens (primary N) is 1. The molecule has 3 rings (SSSR count). The zero-order valence-electron chi connectivity index (χ0n) is 12.1. The van der Waals surface area contributed by atoms with E-state index in [4.69, 9.17) is 10.5 Å². The van der Waals surface area contributed by atoms with Crippen molar-refractivity contribution in [1.82, 2.24) is 4.31 Å². The van der Waals surface area contributed by atoms with E-state index in [1.807, 2.05) is 18.2 Å². The van der Waals surface area contributed by atoms with Crippen LogP contribution < -0.4 is 5.73 Å². The van der Waals surface area contributed by atoms with Crippen LogP contribution in [0.5, 0.6) is 0 Å². The molecule has 6 heteroatoms. The van der Waals surface area contributed by atoms with Gasteiger partial charge in [0.15, 0.2) is 0 Å². The third-order valence-electron chi connectivity index (χ3n) is 4.36. The molecule has 1 aromatic carbocycles. The molecule has 0 aromatic heterocycles. The molecule has 116 valence electrons. The third kappa shape index (κ3) is 2.99. The first-order chi connectivity index (χ1) is 10.1. The molecule has 21 heavy (non-hydrogen) atoms. The highest BCUT2D eigenvalue weighted by molar-refractivity contribution is 7.89. The molecular weight excluding hydrogens is 288 g/mol. The lowest BCUT2D eigenvalue weighted by atomic mass is 9.94. The van der Waals surface area contributed by atoms with Gasteiger partial charge in [-0.15, -0.1) is 0 Å². The van der Waals surface area contributed by atoms with Gasteiger partial charge in [0, 0.05) is 19.7 Å². The quantitative estimate of drug-likeness (QED) is 0.902. The third-order valence-corrected chi connectivity index (χ3v) is 6.31. The molecule has 2 aliphatic heterocycles. The van der Waals surface area contributed by atoms with Gasteiger partial charge in [-0.3, -0.25) is 0 Å². The first-order valence-corrected chi connectivity index (χ1v) is 9.12. The summed E-state index contributed by atoms with van der Waals surface area (Å²) >= 11 is 0. The minimum atomic E-state index is -3.34. The van der Waals surface area contributed by atoms with Crippen LogP contribution >= 0.6 is 0 Å². The maximum absolute atomic E-state index is 12.7. The number of ether oxygens (including phenoxy) is 1. The van der Waals surface area contributed by atoms with Gasteiger partial charge in [-0.05, 0) is 30.4 Å². The Morgan fingerprint density at radius 2 is 2.14 bits per heavy atom. The Bertz CT molecular complexity index is 597. The van der Waals surface area contributed by atoms with Gasteiger partial charge in [-0.1, -0.05) is 24.3 Å². The molecule has 0 radical (unpaired) electrons. The van der Waals surface area contributed by atoms with Crippen LogP contribution in [0.3, 0.4) is 0 Å². The average Bonchev–Trinajstić information content (AvgIpc) is 2.98. The highest BCUT2D eigenvalue weighted by Crippen LogP contribution is 2.32. The zero-order valence-corrected chi connectivity index (χ0v) is 12.9. The van der Waals surface area contributed by atoms with E-state index in [9.17, 15) is 8.42 Å².